The number of anilines is 4. The molecule has 0 amide bonds. The van der Waals surface area contributed by atoms with Crippen LogP contribution in [0, 0.1) is 0 Å². The molecule has 0 bridgehead atoms. The van der Waals surface area contributed by atoms with E-state index in [0.29, 0.717) is 36.6 Å². The summed E-state index contributed by atoms with van der Waals surface area (Å²) in [6.07, 6.45) is 6.76. The Morgan fingerprint density at radius 2 is 1.21 bits per heavy atom. The molecule has 0 aliphatic carbocycles. The van der Waals surface area contributed by atoms with Gasteiger partial charge in [0.1, 0.15) is 45.7 Å². The molecule has 5 aromatic heterocycles. The summed E-state index contributed by atoms with van der Waals surface area (Å²) >= 11 is 0. The molecule has 2 aromatic carbocycles. The predicted octanol–water partition coefficient (Wildman–Crippen LogP) is 6.13. The van der Waals surface area contributed by atoms with E-state index in [1.807, 2.05) is 72.8 Å². The lowest BCUT2D eigenvalue weighted by Gasteiger charge is -2.29. The number of nitrogens with two attached hydrogens (primary N) is 2. The number of imidazole rings is 2. The Morgan fingerprint density at radius 1 is 0.697 bits per heavy atom. The van der Waals surface area contributed by atoms with Crippen LogP contribution in [0.3, 0.4) is 0 Å². The highest BCUT2D eigenvalue weighted by Crippen LogP contribution is 2.27. The lowest BCUT2D eigenvalue weighted by atomic mass is 9.99. The van der Waals surface area contributed by atoms with Crippen molar-refractivity contribution in [2.45, 2.75) is 51.7 Å². The highest BCUT2D eigenvalue weighted by molar-refractivity contribution is 6.04. The first kappa shape index (κ1) is 45.7. The standard InChI is InChI=1S/C27H30N4O3.C17H18N4O.C6H11N3O/c1-27(2,33)24-16-20(17-28-24)15-22(32)14-19-6-8-21(9-7-19)23-18-31-25(29-23)4-3-5-26(31)30-10-12-34-13-11-30;18-14-6-4-13(5-7-14)15-12-21-16(19-15)2-1-3-17(21)20-8-10-22-11-9-20;1-6(2,10)4-3-5(7)9-8-4/h3-9,16,18,33H,10-15,17H2,1-2H3;1-7,12H,8-11,18H2;3,10H,1-2H3,(H3,7,8,9). The minimum absolute atomic E-state index is 0.147. The third-order valence-electron chi connectivity index (χ3n) is 11.6. The largest absolute Gasteiger partial charge is 0.399 e. The summed E-state index contributed by atoms with van der Waals surface area (Å²) in [4.78, 5) is 31.2. The van der Waals surface area contributed by atoms with Crippen LogP contribution in [0.1, 0.15) is 45.4 Å². The van der Waals surface area contributed by atoms with Crippen LogP contribution in [0.5, 0.6) is 0 Å². The third kappa shape index (κ3) is 11.1. The fourth-order valence-corrected chi connectivity index (χ4v) is 7.96. The number of nitrogens with one attached hydrogen (secondary N) is 1. The number of aromatic amines is 1. The Labute approximate surface area is 384 Å². The van der Waals surface area contributed by atoms with Gasteiger partial charge in [-0.15, -0.1) is 0 Å². The van der Waals surface area contributed by atoms with Crippen molar-refractivity contribution in [2.75, 3.05) is 80.4 Å². The zero-order valence-electron chi connectivity index (χ0n) is 38.0. The molecular weight excluding hydrogens is 835 g/mol. The number of benzene rings is 2. The van der Waals surface area contributed by atoms with Gasteiger partial charge in [0.05, 0.1) is 55.8 Å². The number of ether oxygens (including phenoxy) is 2. The van der Waals surface area contributed by atoms with Gasteiger partial charge in [0, 0.05) is 74.3 Å². The van der Waals surface area contributed by atoms with Crippen LogP contribution in [0.4, 0.5) is 23.1 Å². The maximum absolute atomic E-state index is 12.6. The fraction of sp³-hybridized carbons (Fsp3) is 0.340. The van der Waals surface area contributed by atoms with Crippen molar-refractivity contribution < 1.29 is 24.5 Å². The molecule has 16 nitrogen and oxygen atoms in total. The van der Waals surface area contributed by atoms with Gasteiger partial charge in [-0.25, -0.2) is 9.97 Å². The Balaban J connectivity index is 0.000000157. The van der Waals surface area contributed by atoms with Gasteiger partial charge in [0.25, 0.3) is 0 Å². The van der Waals surface area contributed by atoms with Crippen molar-refractivity contribution in [1.82, 2.24) is 29.0 Å². The molecule has 0 spiro atoms. The summed E-state index contributed by atoms with van der Waals surface area (Å²) in [5.41, 5.74) is 19.0. The number of aromatic nitrogens is 6. The van der Waals surface area contributed by atoms with Gasteiger partial charge < -0.3 is 41.0 Å². The number of aliphatic imine (C=N–C) groups is 1. The number of morpholine rings is 2. The summed E-state index contributed by atoms with van der Waals surface area (Å²) in [6, 6.07) is 29.9. The Hall–Kier alpha value is -6.85. The van der Waals surface area contributed by atoms with E-state index in [2.05, 4.69) is 64.4 Å². The number of carbonyl (C=O) groups excluding carboxylic acids is 1. The van der Waals surface area contributed by atoms with Gasteiger partial charge in [-0.05, 0) is 81.3 Å². The average Bonchev–Trinajstić information content (AvgIpc) is 4.14. The molecule has 0 radical (unpaired) electrons. The second-order valence-corrected chi connectivity index (χ2v) is 17.7. The molecule has 2 fully saturated rings. The summed E-state index contributed by atoms with van der Waals surface area (Å²) in [5, 5.41) is 25.7. The number of nitrogen functional groups attached to an aromatic ring is 2. The summed E-state index contributed by atoms with van der Waals surface area (Å²) in [5.74, 6) is 2.83. The van der Waals surface area contributed by atoms with Crippen LogP contribution in [0.2, 0.25) is 0 Å². The van der Waals surface area contributed by atoms with Crippen molar-refractivity contribution in [2.24, 2.45) is 4.99 Å². The summed E-state index contributed by atoms with van der Waals surface area (Å²) in [6.45, 7) is 13.8. The molecule has 0 atom stereocenters. The molecule has 344 valence electrons. The monoisotopic (exact) mass is 893 g/mol. The first-order valence-corrected chi connectivity index (χ1v) is 22.3. The van der Waals surface area contributed by atoms with E-state index < -0.39 is 11.2 Å². The second kappa shape index (κ2) is 19.7. The van der Waals surface area contributed by atoms with Gasteiger partial charge in [0.15, 0.2) is 0 Å². The van der Waals surface area contributed by atoms with Crippen LogP contribution in [-0.2, 0) is 26.3 Å². The molecule has 2 saturated heterocycles. The average molecular weight is 894 g/mol. The van der Waals surface area contributed by atoms with E-state index in [-0.39, 0.29) is 5.78 Å². The van der Waals surface area contributed by atoms with E-state index in [1.54, 1.807) is 33.8 Å². The molecular formula is C50H59N11O5. The number of carbonyl (C=O) groups is 1. The molecule has 7 N–H and O–H groups in total. The molecule has 8 heterocycles. The van der Waals surface area contributed by atoms with Crippen LogP contribution >= 0.6 is 0 Å². The molecule has 3 aliphatic heterocycles. The van der Waals surface area contributed by atoms with E-state index in [4.69, 9.17) is 30.9 Å². The van der Waals surface area contributed by atoms with Gasteiger partial charge in [-0.1, -0.05) is 48.5 Å². The Bertz CT molecular complexity index is 2820. The highest BCUT2D eigenvalue weighted by atomic mass is 16.5. The highest BCUT2D eigenvalue weighted by Gasteiger charge is 2.24. The van der Waals surface area contributed by atoms with E-state index in [1.165, 1.54) is 0 Å². The maximum atomic E-state index is 12.6. The first-order chi connectivity index (χ1) is 31.7. The molecule has 3 aliphatic rings. The normalized spacial score (nSPS) is 15.5. The lowest BCUT2D eigenvalue weighted by molar-refractivity contribution is -0.117. The van der Waals surface area contributed by atoms with Crippen LogP contribution < -0.4 is 21.3 Å². The number of fused-ring (bicyclic) bond motifs is 2. The van der Waals surface area contributed by atoms with Crippen LogP contribution in [0.15, 0.2) is 120 Å². The minimum Gasteiger partial charge on any atom is -0.399 e. The fourth-order valence-electron chi connectivity index (χ4n) is 7.96. The van der Waals surface area contributed by atoms with Gasteiger partial charge >= 0.3 is 0 Å². The number of ketones is 1. The van der Waals surface area contributed by atoms with E-state index in [9.17, 15) is 15.0 Å². The molecule has 0 unspecified atom stereocenters. The van der Waals surface area contributed by atoms with Crippen molar-refractivity contribution in [3.63, 3.8) is 0 Å². The van der Waals surface area contributed by atoms with Gasteiger partial charge in [-0.3, -0.25) is 23.7 Å². The number of Topliss-reactive ketones (excluding diaryl/α,β-unsaturated/α-hetero) is 1. The second-order valence-electron chi connectivity index (χ2n) is 17.7. The van der Waals surface area contributed by atoms with Crippen molar-refractivity contribution >= 4 is 45.9 Å². The summed E-state index contributed by atoms with van der Waals surface area (Å²) < 4.78 is 15.2. The maximum Gasteiger partial charge on any atom is 0.145 e. The van der Waals surface area contributed by atoms with Crippen LogP contribution in [0.25, 0.3) is 33.8 Å². The minimum atomic E-state index is -0.971. The smallest absolute Gasteiger partial charge is 0.145 e. The molecule has 0 saturated carbocycles. The molecule has 16 heteroatoms. The van der Waals surface area contributed by atoms with E-state index in [0.717, 1.165) is 115 Å². The molecule has 10 rings (SSSR count). The van der Waals surface area contributed by atoms with E-state index >= 15 is 0 Å². The van der Waals surface area contributed by atoms with Crippen LogP contribution in [-0.4, -0.2) is 115 Å². The van der Waals surface area contributed by atoms with Crippen molar-refractivity contribution in [3.05, 3.63) is 126 Å². The number of nitrogens with zero attached hydrogens (tertiary/aromatic N) is 8. The van der Waals surface area contributed by atoms with Gasteiger partial charge in [-0.2, -0.15) is 5.10 Å². The molecule has 7 aromatic rings. The third-order valence-corrected chi connectivity index (χ3v) is 11.6. The topological polar surface area (TPSA) is 210 Å². The van der Waals surface area contributed by atoms with Gasteiger partial charge in [0.2, 0.25) is 0 Å². The number of H-pyrrole nitrogens is 1. The Morgan fingerprint density at radius 3 is 1.65 bits per heavy atom. The summed E-state index contributed by atoms with van der Waals surface area (Å²) in [7, 11) is 0. The zero-order valence-corrected chi connectivity index (χ0v) is 38.0. The SMILES string of the molecule is CC(C)(O)C1=NCC(CC(=O)Cc2ccc(-c3cn4c(N5CCOCC5)cccc4n3)cc2)=C1.CC(C)(O)c1cc(N)n[nH]1.Nc1ccc(-c2cn3c(N4CCOCC4)cccc3n2)cc1. The number of hydrogen-bond acceptors (Lipinski definition) is 13. The predicted molar refractivity (Wildman–Crippen MR) is 260 cm³/mol. The Kier molecular flexibility index (Phi) is 13.7. The first-order valence-electron chi connectivity index (χ1n) is 22.3. The molecule has 66 heavy (non-hydrogen) atoms. The number of aliphatic hydroxyl groups is 2. The van der Waals surface area contributed by atoms with Crippen molar-refractivity contribution in [3.8, 4) is 22.5 Å². The number of rotatable bonds is 10. The quantitative estimate of drug-likeness (QED) is 0.0983. The number of pyridine rings is 2. The van der Waals surface area contributed by atoms with Crippen molar-refractivity contribution in [1.29, 1.82) is 0 Å². The lowest BCUT2D eigenvalue weighted by Crippen LogP contribution is -2.37. The number of hydrogen-bond donors (Lipinski definition) is 5. The zero-order chi connectivity index (χ0) is 46.4.